The van der Waals surface area contributed by atoms with Crippen molar-refractivity contribution >= 4 is 5.97 Å². The van der Waals surface area contributed by atoms with Crippen molar-refractivity contribution in [3.63, 3.8) is 0 Å². The van der Waals surface area contributed by atoms with E-state index in [9.17, 15) is 4.79 Å². The maximum Gasteiger partial charge on any atom is 0.339 e. The third kappa shape index (κ3) is 9.44. The van der Waals surface area contributed by atoms with E-state index in [1.54, 1.807) is 12.3 Å². The fraction of sp³-hybridized carbons (Fsp3) is 0.737. The zero-order chi connectivity index (χ0) is 16.8. The van der Waals surface area contributed by atoms with Crippen LogP contribution in [0.3, 0.4) is 0 Å². The first-order chi connectivity index (χ1) is 11.3. The van der Waals surface area contributed by atoms with Crippen molar-refractivity contribution in [3.8, 4) is 0 Å². The summed E-state index contributed by atoms with van der Waals surface area (Å²) < 4.78 is 12.3. The molecule has 0 spiro atoms. The van der Waals surface area contributed by atoms with E-state index < -0.39 is 0 Å². The molecule has 132 valence electrons. The second-order valence-electron chi connectivity index (χ2n) is 6.07. The van der Waals surface area contributed by atoms with Gasteiger partial charge in [0, 0.05) is 25.5 Å². The number of ether oxygens (including phenoxy) is 2. The average Bonchev–Trinajstić information content (AvgIpc) is 3.04. The van der Waals surface area contributed by atoms with Crippen molar-refractivity contribution in [1.29, 1.82) is 0 Å². The molecule has 1 heterocycles. The number of carbonyl (C=O) groups excluding carboxylic acids is 1. The Bertz CT molecular complexity index is 415. The Morgan fingerprint density at radius 3 is 2.30 bits per heavy atom. The highest BCUT2D eigenvalue weighted by Gasteiger charge is 2.06. The molecule has 23 heavy (non-hydrogen) atoms. The van der Waals surface area contributed by atoms with Crippen LogP contribution in [0, 0.1) is 0 Å². The Morgan fingerprint density at radius 1 is 1.00 bits per heavy atom. The largest absolute Gasteiger partial charge is 0.465 e. The van der Waals surface area contributed by atoms with Crippen molar-refractivity contribution < 1.29 is 14.3 Å². The zero-order valence-corrected chi connectivity index (χ0v) is 14.9. The minimum atomic E-state index is -0.292. The van der Waals surface area contributed by atoms with Gasteiger partial charge in [0.05, 0.1) is 19.3 Å². The summed E-state index contributed by atoms with van der Waals surface area (Å²) in [6, 6.07) is 1.77. The lowest BCUT2D eigenvalue weighted by atomic mass is 10.1. The van der Waals surface area contributed by atoms with Gasteiger partial charge >= 0.3 is 5.97 Å². The first-order valence-electron chi connectivity index (χ1n) is 9.09. The van der Waals surface area contributed by atoms with E-state index in [1.165, 1.54) is 58.5 Å². The molecule has 1 aromatic heterocycles. The van der Waals surface area contributed by atoms with Gasteiger partial charge in [0.25, 0.3) is 0 Å². The maximum absolute atomic E-state index is 11.3. The molecule has 1 aromatic rings. The van der Waals surface area contributed by atoms with Gasteiger partial charge < -0.3 is 14.0 Å². The van der Waals surface area contributed by atoms with Gasteiger partial charge in [0.15, 0.2) is 0 Å². The van der Waals surface area contributed by atoms with Gasteiger partial charge in [-0.3, -0.25) is 0 Å². The monoisotopic (exact) mass is 323 g/mol. The normalized spacial score (nSPS) is 10.9. The molecule has 4 nitrogen and oxygen atoms in total. The molecule has 0 N–H and O–H groups in total. The van der Waals surface area contributed by atoms with Crippen molar-refractivity contribution in [2.24, 2.45) is 0 Å². The van der Waals surface area contributed by atoms with E-state index in [0.717, 1.165) is 19.6 Å². The molecule has 1 rings (SSSR count). The van der Waals surface area contributed by atoms with Gasteiger partial charge in [0.1, 0.15) is 0 Å². The predicted octanol–water partition coefficient (Wildman–Crippen LogP) is 4.82. The first-order valence-corrected chi connectivity index (χ1v) is 9.09. The first kappa shape index (κ1) is 19.8. The lowest BCUT2D eigenvalue weighted by Gasteiger charge is -2.05. The van der Waals surface area contributed by atoms with Crippen LogP contribution < -0.4 is 0 Å². The third-order valence-electron chi connectivity index (χ3n) is 4.06. The summed E-state index contributed by atoms with van der Waals surface area (Å²) in [5.74, 6) is -0.292. The summed E-state index contributed by atoms with van der Waals surface area (Å²) in [5, 5.41) is 0. The van der Waals surface area contributed by atoms with E-state index in [-0.39, 0.29) is 5.97 Å². The van der Waals surface area contributed by atoms with Gasteiger partial charge in [-0.2, -0.15) is 0 Å². The molecule has 0 aliphatic carbocycles. The van der Waals surface area contributed by atoms with Crippen molar-refractivity contribution in [2.75, 3.05) is 20.3 Å². The van der Waals surface area contributed by atoms with Crippen LogP contribution in [0.4, 0.5) is 0 Å². The second kappa shape index (κ2) is 13.2. The fourth-order valence-corrected chi connectivity index (χ4v) is 2.61. The van der Waals surface area contributed by atoms with Gasteiger partial charge in [-0.05, 0) is 12.5 Å². The van der Waals surface area contributed by atoms with Crippen molar-refractivity contribution in [2.45, 2.75) is 71.3 Å². The molecule has 4 heteroatoms. The number of hydrogen-bond donors (Lipinski definition) is 0. The minimum Gasteiger partial charge on any atom is -0.465 e. The Kier molecular flexibility index (Phi) is 11.3. The number of hydrogen-bond acceptors (Lipinski definition) is 3. The molecule has 0 saturated heterocycles. The van der Waals surface area contributed by atoms with Gasteiger partial charge in [0.2, 0.25) is 0 Å². The number of carbonyl (C=O) groups is 1. The smallest absolute Gasteiger partial charge is 0.339 e. The molecule has 0 saturated carbocycles. The SMILES string of the molecule is CCCCCCCCCCCOCCn1ccc(C(=O)OC)c1. The fourth-order valence-electron chi connectivity index (χ4n) is 2.61. The van der Waals surface area contributed by atoms with Crippen LogP contribution in [-0.2, 0) is 16.0 Å². The van der Waals surface area contributed by atoms with Gasteiger partial charge in [-0.25, -0.2) is 4.79 Å². The summed E-state index contributed by atoms with van der Waals surface area (Å²) >= 11 is 0. The van der Waals surface area contributed by atoms with Crippen LogP contribution in [0.2, 0.25) is 0 Å². The van der Waals surface area contributed by atoms with E-state index in [1.807, 2.05) is 10.8 Å². The lowest BCUT2D eigenvalue weighted by Crippen LogP contribution is -2.06. The summed E-state index contributed by atoms with van der Waals surface area (Å²) in [6.45, 7) is 4.55. The van der Waals surface area contributed by atoms with Crippen LogP contribution >= 0.6 is 0 Å². The molecule has 0 unspecified atom stereocenters. The van der Waals surface area contributed by atoms with Crippen LogP contribution in [0.15, 0.2) is 18.5 Å². The summed E-state index contributed by atoms with van der Waals surface area (Å²) in [5.41, 5.74) is 0.589. The van der Waals surface area contributed by atoms with E-state index in [4.69, 9.17) is 4.74 Å². The Labute approximate surface area is 141 Å². The van der Waals surface area contributed by atoms with Crippen LogP contribution in [0.1, 0.15) is 75.1 Å². The number of esters is 1. The molecular formula is C19H33NO3. The van der Waals surface area contributed by atoms with Crippen LogP contribution in [-0.4, -0.2) is 30.9 Å². The minimum absolute atomic E-state index is 0.292. The van der Waals surface area contributed by atoms with Crippen molar-refractivity contribution in [1.82, 2.24) is 4.57 Å². The zero-order valence-electron chi connectivity index (χ0n) is 14.9. The standard InChI is InChI=1S/C19H33NO3/c1-3-4-5-6-7-8-9-10-11-15-23-16-14-20-13-12-18(17-20)19(21)22-2/h12-13,17H,3-11,14-16H2,1-2H3. The molecule has 0 amide bonds. The molecule has 0 fully saturated rings. The number of unbranched alkanes of at least 4 members (excludes halogenated alkanes) is 8. The Hall–Kier alpha value is -1.29. The Balaban J connectivity index is 1.90. The van der Waals surface area contributed by atoms with E-state index >= 15 is 0 Å². The highest BCUT2D eigenvalue weighted by Crippen LogP contribution is 2.09. The topological polar surface area (TPSA) is 40.5 Å². The number of aromatic nitrogens is 1. The van der Waals surface area contributed by atoms with Crippen LogP contribution in [0.5, 0.6) is 0 Å². The van der Waals surface area contributed by atoms with Crippen LogP contribution in [0.25, 0.3) is 0 Å². The summed E-state index contributed by atoms with van der Waals surface area (Å²) in [4.78, 5) is 11.3. The highest BCUT2D eigenvalue weighted by molar-refractivity contribution is 5.89. The molecule has 0 radical (unpaired) electrons. The molecule has 0 aliphatic rings. The predicted molar refractivity (Wildman–Crippen MR) is 93.8 cm³/mol. The Morgan fingerprint density at radius 2 is 1.65 bits per heavy atom. The van der Waals surface area contributed by atoms with E-state index in [2.05, 4.69) is 11.7 Å². The average molecular weight is 323 g/mol. The number of rotatable bonds is 14. The molecular weight excluding hydrogens is 290 g/mol. The van der Waals surface area contributed by atoms with Crippen molar-refractivity contribution in [3.05, 3.63) is 24.0 Å². The number of nitrogens with zero attached hydrogens (tertiary/aromatic N) is 1. The molecule has 0 bridgehead atoms. The second-order valence-corrected chi connectivity index (χ2v) is 6.07. The molecule has 0 atom stereocenters. The summed E-state index contributed by atoms with van der Waals surface area (Å²) in [7, 11) is 1.40. The number of methoxy groups -OCH3 is 1. The molecule has 0 aliphatic heterocycles. The quantitative estimate of drug-likeness (QED) is 0.364. The lowest BCUT2D eigenvalue weighted by molar-refractivity contribution is 0.0600. The third-order valence-corrected chi connectivity index (χ3v) is 4.06. The highest BCUT2D eigenvalue weighted by atomic mass is 16.5. The van der Waals surface area contributed by atoms with Gasteiger partial charge in [-0.1, -0.05) is 58.3 Å². The maximum atomic E-state index is 11.3. The summed E-state index contributed by atoms with van der Waals surface area (Å²) in [6.07, 6.45) is 15.7. The van der Waals surface area contributed by atoms with Gasteiger partial charge in [-0.15, -0.1) is 0 Å². The molecule has 0 aromatic carbocycles. The van der Waals surface area contributed by atoms with E-state index in [0.29, 0.717) is 12.2 Å².